The average molecular weight is 439 g/mol. The second-order valence-electron chi connectivity index (χ2n) is 8.70. The van der Waals surface area contributed by atoms with Crippen molar-refractivity contribution in [3.05, 3.63) is 60.2 Å². The van der Waals surface area contributed by atoms with Gasteiger partial charge in [0.1, 0.15) is 0 Å². The summed E-state index contributed by atoms with van der Waals surface area (Å²) in [5.41, 5.74) is 12.4. The van der Waals surface area contributed by atoms with Gasteiger partial charge in [-0.15, -0.1) is 0 Å². The molecule has 2 aliphatic rings. The fourth-order valence-corrected chi connectivity index (χ4v) is 4.60. The minimum atomic E-state index is -1.52. The molecule has 1 aliphatic heterocycles. The molecular formula is C24H30N4O4. The minimum absolute atomic E-state index is 0.0400. The normalized spacial score (nSPS) is 24.3. The third-order valence-electron chi connectivity index (χ3n) is 6.42. The monoisotopic (exact) mass is 438 g/mol. The third-order valence-corrected chi connectivity index (χ3v) is 6.42. The molecule has 6 N–H and O–H groups in total. The Kier molecular flexibility index (Phi) is 7.16. The van der Waals surface area contributed by atoms with E-state index in [9.17, 15) is 14.7 Å². The van der Waals surface area contributed by atoms with Crippen LogP contribution in [0.3, 0.4) is 0 Å². The van der Waals surface area contributed by atoms with E-state index in [0.29, 0.717) is 18.9 Å². The Morgan fingerprint density at radius 2 is 1.66 bits per heavy atom. The molecule has 5 atom stereocenters. The van der Waals surface area contributed by atoms with Gasteiger partial charge in [0.05, 0.1) is 0 Å². The second kappa shape index (κ2) is 10.2. The van der Waals surface area contributed by atoms with Crippen LogP contribution in [0.2, 0.25) is 0 Å². The van der Waals surface area contributed by atoms with Crippen molar-refractivity contribution in [2.24, 2.45) is 5.92 Å². The second-order valence-corrected chi connectivity index (χ2v) is 8.70. The predicted octanol–water partition coefficient (Wildman–Crippen LogP) is 1.37. The summed E-state index contributed by atoms with van der Waals surface area (Å²) in [6.07, 6.45) is 1.24. The Hall–Kier alpha value is -2.78. The number of fused-ring (bicyclic) bond motifs is 1. The quantitative estimate of drug-likeness (QED) is 0.368. The first-order valence-corrected chi connectivity index (χ1v) is 11.1. The molecular weight excluding hydrogens is 408 g/mol. The lowest BCUT2D eigenvalue weighted by atomic mass is 9.82. The van der Waals surface area contributed by atoms with Crippen molar-refractivity contribution in [3.63, 3.8) is 0 Å². The van der Waals surface area contributed by atoms with Crippen molar-refractivity contribution in [1.82, 2.24) is 21.7 Å². The summed E-state index contributed by atoms with van der Waals surface area (Å²) in [7, 11) is 0. The smallest absolute Gasteiger partial charge is 0.332 e. The van der Waals surface area contributed by atoms with E-state index in [2.05, 4.69) is 21.7 Å². The number of hydrogen-bond acceptors (Lipinski definition) is 6. The maximum Gasteiger partial charge on any atom is 0.332 e. The molecule has 1 aliphatic carbocycles. The van der Waals surface area contributed by atoms with Crippen molar-refractivity contribution in [3.8, 4) is 11.1 Å². The van der Waals surface area contributed by atoms with Crippen molar-refractivity contribution in [1.29, 1.82) is 0 Å². The zero-order chi connectivity index (χ0) is 22.5. The van der Waals surface area contributed by atoms with Gasteiger partial charge in [-0.05, 0) is 42.4 Å². The number of hydrogen-bond donors (Lipinski definition) is 6. The average Bonchev–Trinajstić information content (AvgIpc) is 3.28. The first kappa shape index (κ1) is 22.4. The summed E-state index contributed by atoms with van der Waals surface area (Å²) in [4.78, 5) is 24.2. The van der Waals surface area contributed by atoms with Crippen molar-refractivity contribution < 1.29 is 19.8 Å². The van der Waals surface area contributed by atoms with Gasteiger partial charge in [0.25, 0.3) is 0 Å². The number of aliphatic carboxylic acids is 1. The molecule has 4 rings (SSSR count). The van der Waals surface area contributed by atoms with Crippen LogP contribution in [0, 0.1) is 5.92 Å². The van der Waals surface area contributed by atoms with Gasteiger partial charge in [-0.25, -0.2) is 15.6 Å². The zero-order valence-electron chi connectivity index (χ0n) is 17.8. The van der Waals surface area contributed by atoms with E-state index in [1.165, 1.54) is 0 Å². The molecule has 0 spiro atoms. The van der Waals surface area contributed by atoms with Crippen LogP contribution in [0.5, 0.6) is 0 Å². The van der Waals surface area contributed by atoms with E-state index in [-0.39, 0.29) is 24.3 Å². The van der Waals surface area contributed by atoms with Crippen LogP contribution in [-0.2, 0) is 16.0 Å². The van der Waals surface area contributed by atoms with Crippen LogP contribution in [0.1, 0.15) is 31.2 Å². The Morgan fingerprint density at radius 1 is 0.969 bits per heavy atom. The number of aliphatic hydroxyl groups excluding tert-OH is 1. The molecule has 1 saturated heterocycles. The van der Waals surface area contributed by atoms with E-state index in [4.69, 9.17) is 5.11 Å². The number of carbonyl (C=O) groups excluding carboxylic acids is 1. The summed E-state index contributed by atoms with van der Waals surface area (Å²) in [5.74, 6) is -1.51. The van der Waals surface area contributed by atoms with Gasteiger partial charge in [0.15, 0.2) is 6.10 Å². The van der Waals surface area contributed by atoms with Crippen molar-refractivity contribution in [2.75, 3.05) is 0 Å². The van der Waals surface area contributed by atoms with Gasteiger partial charge in [0.2, 0.25) is 5.91 Å². The number of carboxylic acids is 1. The maximum atomic E-state index is 13.0. The van der Waals surface area contributed by atoms with Gasteiger partial charge in [0, 0.05) is 30.5 Å². The van der Waals surface area contributed by atoms with E-state index in [1.807, 2.05) is 54.6 Å². The van der Waals surface area contributed by atoms with Crippen LogP contribution in [0.15, 0.2) is 54.6 Å². The molecule has 2 fully saturated rings. The molecule has 0 bridgehead atoms. The van der Waals surface area contributed by atoms with Gasteiger partial charge >= 0.3 is 5.97 Å². The molecule has 8 nitrogen and oxygen atoms in total. The van der Waals surface area contributed by atoms with E-state index in [0.717, 1.165) is 29.5 Å². The third kappa shape index (κ3) is 5.52. The molecule has 1 saturated carbocycles. The predicted molar refractivity (Wildman–Crippen MR) is 120 cm³/mol. The standard InChI is InChI=1S/C24H30N4O4/c29-22(24(31)32)14-19(25-23(30)18-10-11-20-21(13-18)27-28-26-20)12-15-6-8-17(9-7-15)16-4-2-1-3-5-16/h1-9,18-22,26-29H,10-14H2,(H,25,30)(H,31,32)/t18?,19?,20?,21?,22-/m1/s1. The maximum absolute atomic E-state index is 13.0. The summed E-state index contributed by atoms with van der Waals surface area (Å²) >= 11 is 0. The number of amides is 1. The number of carboxylic acid groups (broad SMARTS) is 1. The van der Waals surface area contributed by atoms with Crippen LogP contribution in [0.4, 0.5) is 0 Å². The van der Waals surface area contributed by atoms with Crippen LogP contribution < -0.4 is 21.7 Å². The number of nitrogens with one attached hydrogen (secondary N) is 4. The summed E-state index contributed by atoms with van der Waals surface area (Å²) in [6, 6.07) is 18.1. The van der Waals surface area contributed by atoms with Crippen LogP contribution >= 0.6 is 0 Å². The van der Waals surface area contributed by atoms with Crippen molar-refractivity contribution in [2.45, 2.75) is 56.3 Å². The Labute approximate surface area is 187 Å². The molecule has 8 heteroatoms. The fraction of sp³-hybridized carbons (Fsp3) is 0.417. The highest BCUT2D eigenvalue weighted by atomic mass is 16.4. The highest BCUT2D eigenvalue weighted by Gasteiger charge is 2.37. The molecule has 2 aromatic rings. The first-order valence-electron chi connectivity index (χ1n) is 11.1. The van der Waals surface area contributed by atoms with E-state index >= 15 is 0 Å². The molecule has 32 heavy (non-hydrogen) atoms. The molecule has 1 heterocycles. The van der Waals surface area contributed by atoms with Crippen molar-refractivity contribution >= 4 is 11.9 Å². The summed E-state index contributed by atoms with van der Waals surface area (Å²) < 4.78 is 0. The fourth-order valence-electron chi connectivity index (χ4n) is 4.60. The SMILES string of the molecule is O=C(NC(Cc1ccc(-c2ccccc2)cc1)C[C@@H](O)C(=O)O)C1CCC2NNNC2C1. The lowest BCUT2D eigenvalue weighted by molar-refractivity contribution is -0.147. The highest BCUT2D eigenvalue weighted by molar-refractivity contribution is 5.79. The van der Waals surface area contributed by atoms with Gasteiger partial charge in [-0.1, -0.05) is 54.6 Å². The lowest BCUT2D eigenvalue weighted by Gasteiger charge is -2.31. The summed E-state index contributed by atoms with van der Waals surface area (Å²) in [5, 5.41) is 22.1. The number of hydrazine groups is 2. The Bertz CT molecular complexity index is 921. The van der Waals surface area contributed by atoms with Crippen LogP contribution in [0.25, 0.3) is 11.1 Å². The first-order chi connectivity index (χ1) is 15.5. The van der Waals surface area contributed by atoms with Crippen LogP contribution in [-0.4, -0.2) is 46.3 Å². The zero-order valence-corrected chi connectivity index (χ0v) is 17.8. The number of rotatable bonds is 8. The molecule has 1 amide bonds. The largest absolute Gasteiger partial charge is 0.479 e. The summed E-state index contributed by atoms with van der Waals surface area (Å²) in [6.45, 7) is 0. The Balaban J connectivity index is 1.42. The number of aliphatic hydroxyl groups is 1. The minimum Gasteiger partial charge on any atom is -0.479 e. The topological polar surface area (TPSA) is 123 Å². The lowest BCUT2D eigenvalue weighted by Crippen LogP contribution is -2.47. The van der Waals surface area contributed by atoms with E-state index in [1.54, 1.807) is 0 Å². The molecule has 0 radical (unpaired) electrons. The number of benzene rings is 2. The molecule has 0 aromatic heterocycles. The van der Waals surface area contributed by atoms with Gasteiger partial charge < -0.3 is 15.5 Å². The number of carbonyl (C=O) groups is 2. The molecule has 2 aromatic carbocycles. The van der Waals surface area contributed by atoms with E-state index < -0.39 is 18.1 Å². The molecule has 170 valence electrons. The molecule has 4 unspecified atom stereocenters. The van der Waals surface area contributed by atoms with Gasteiger partial charge in [-0.3, -0.25) is 4.79 Å². The van der Waals surface area contributed by atoms with Gasteiger partial charge in [-0.2, -0.15) is 5.53 Å². The highest BCUT2D eigenvalue weighted by Crippen LogP contribution is 2.26. The Morgan fingerprint density at radius 3 is 2.38 bits per heavy atom.